The first-order valence-electron chi connectivity index (χ1n) is 7.73. The summed E-state index contributed by atoms with van der Waals surface area (Å²) in [5, 5.41) is 3.98. The van der Waals surface area contributed by atoms with Crippen molar-refractivity contribution in [3.63, 3.8) is 0 Å². The van der Waals surface area contributed by atoms with Gasteiger partial charge in [0.1, 0.15) is 6.54 Å². The highest BCUT2D eigenvalue weighted by molar-refractivity contribution is 5.87. The van der Waals surface area contributed by atoms with E-state index in [0.717, 1.165) is 30.4 Å². The van der Waals surface area contributed by atoms with E-state index < -0.39 is 0 Å². The number of carbonyl (C=O) groups is 2. The maximum absolute atomic E-state index is 11.9. The van der Waals surface area contributed by atoms with E-state index in [-0.39, 0.29) is 18.4 Å². The Balaban J connectivity index is 1.86. The van der Waals surface area contributed by atoms with Crippen molar-refractivity contribution in [3.8, 4) is 0 Å². The number of rotatable bonds is 4. The van der Waals surface area contributed by atoms with Crippen LogP contribution in [-0.4, -0.2) is 36.0 Å². The van der Waals surface area contributed by atoms with Crippen molar-refractivity contribution in [3.05, 3.63) is 34.9 Å². The first kappa shape index (κ1) is 16.2. The standard InChI is InChI=1S/C17H23N3O2/c1-13-7-8-15(14(2)10-13)11-18-19-16(21)12-20-9-5-3-4-6-17(20)22/h7-8,10-11H,3-6,9,12H2,1-2H3,(H,19,21)/b18-11-. The van der Waals surface area contributed by atoms with Crippen molar-refractivity contribution in [1.29, 1.82) is 0 Å². The molecule has 1 aromatic rings. The van der Waals surface area contributed by atoms with Crippen molar-refractivity contribution >= 4 is 18.0 Å². The van der Waals surface area contributed by atoms with E-state index in [4.69, 9.17) is 0 Å². The molecule has 22 heavy (non-hydrogen) atoms. The first-order valence-corrected chi connectivity index (χ1v) is 7.73. The molecule has 2 rings (SSSR count). The average molecular weight is 301 g/mol. The normalized spacial score (nSPS) is 15.9. The molecule has 2 amide bonds. The monoisotopic (exact) mass is 301 g/mol. The second-order valence-corrected chi connectivity index (χ2v) is 5.78. The summed E-state index contributed by atoms with van der Waals surface area (Å²) in [4.78, 5) is 25.3. The number of benzene rings is 1. The highest BCUT2D eigenvalue weighted by Gasteiger charge is 2.18. The third-order valence-corrected chi connectivity index (χ3v) is 3.82. The Bertz CT molecular complexity index is 581. The minimum absolute atomic E-state index is 0.0611. The zero-order chi connectivity index (χ0) is 15.9. The molecule has 0 atom stereocenters. The van der Waals surface area contributed by atoms with Gasteiger partial charge >= 0.3 is 0 Å². The summed E-state index contributed by atoms with van der Waals surface area (Å²) in [5.74, 6) is -0.192. The number of aryl methyl sites for hydroxylation is 2. The van der Waals surface area contributed by atoms with Crippen molar-refractivity contribution in [1.82, 2.24) is 10.3 Å². The highest BCUT2D eigenvalue weighted by Crippen LogP contribution is 2.10. The van der Waals surface area contributed by atoms with Gasteiger partial charge < -0.3 is 4.90 Å². The Morgan fingerprint density at radius 1 is 1.32 bits per heavy atom. The van der Waals surface area contributed by atoms with E-state index >= 15 is 0 Å². The van der Waals surface area contributed by atoms with Gasteiger partial charge in [0.15, 0.2) is 0 Å². The van der Waals surface area contributed by atoms with Gasteiger partial charge in [-0.2, -0.15) is 5.10 Å². The van der Waals surface area contributed by atoms with E-state index in [2.05, 4.69) is 16.6 Å². The molecule has 1 aliphatic heterocycles. The lowest BCUT2D eigenvalue weighted by Crippen LogP contribution is -2.39. The predicted octanol–water partition coefficient (Wildman–Crippen LogP) is 2.16. The van der Waals surface area contributed by atoms with E-state index in [1.807, 2.05) is 26.0 Å². The Morgan fingerprint density at radius 2 is 2.14 bits per heavy atom. The second-order valence-electron chi connectivity index (χ2n) is 5.78. The first-order chi connectivity index (χ1) is 10.6. The summed E-state index contributed by atoms with van der Waals surface area (Å²) in [5.41, 5.74) is 5.77. The Labute approximate surface area is 131 Å². The van der Waals surface area contributed by atoms with Crippen LogP contribution in [0.15, 0.2) is 23.3 Å². The average Bonchev–Trinajstić information content (AvgIpc) is 2.66. The van der Waals surface area contributed by atoms with E-state index in [1.54, 1.807) is 11.1 Å². The lowest BCUT2D eigenvalue weighted by atomic mass is 10.1. The smallest absolute Gasteiger partial charge is 0.259 e. The quantitative estimate of drug-likeness (QED) is 0.684. The minimum atomic E-state index is -0.253. The number of carbonyl (C=O) groups excluding carboxylic acids is 2. The summed E-state index contributed by atoms with van der Waals surface area (Å²) in [6, 6.07) is 6.05. The fraction of sp³-hybridized carbons (Fsp3) is 0.471. The van der Waals surface area contributed by atoms with E-state index in [0.29, 0.717) is 13.0 Å². The molecule has 1 N–H and O–H groups in total. The molecule has 5 nitrogen and oxygen atoms in total. The number of hydrogen-bond donors (Lipinski definition) is 1. The third-order valence-electron chi connectivity index (χ3n) is 3.82. The van der Waals surface area contributed by atoms with Gasteiger partial charge in [0.2, 0.25) is 5.91 Å². The van der Waals surface area contributed by atoms with Crippen LogP contribution in [0.4, 0.5) is 0 Å². The predicted molar refractivity (Wildman–Crippen MR) is 86.7 cm³/mol. The summed E-state index contributed by atoms with van der Waals surface area (Å²) < 4.78 is 0. The molecule has 118 valence electrons. The molecule has 1 saturated heterocycles. The molecule has 1 aliphatic rings. The van der Waals surface area contributed by atoms with Crippen LogP contribution in [0.5, 0.6) is 0 Å². The lowest BCUT2D eigenvalue weighted by Gasteiger charge is -2.18. The molecule has 0 spiro atoms. The molecular formula is C17H23N3O2. The van der Waals surface area contributed by atoms with Gasteiger partial charge in [0, 0.05) is 13.0 Å². The number of likely N-dealkylation sites (tertiary alicyclic amines) is 1. The highest BCUT2D eigenvalue weighted by atomic mass is 16.2. The molecule has 0 bridgehead atoms. The Morgan fingerprint density at radius 3 is 2.91 bits per heavy atom. The van der Waals surface area contributed by atoms with Crippen LogP contribution in [-0.2, 0) is 9.59 Å². The maximum Gasteiger partial charge on any atom is 0.259 e. The number of nitrogens with one attached hydrogen (secondary N) is 1. The van der Waals surface area contributed by atoms with Gasteiger partial charge in [-0.1, -0.05) is 30.2 Å². The molecule has 0 aliphatic carbocycles. The van der Waals surface area contributed by atoms with Gasteiger partial charge in [-0.25, -0.2) is 5.43 Å². The number of hydrogen-bond acceptors (Lipinski definition) is 3. The molecule has 0 aromatic heterocycles. The fourth-order valence-corrected chi connectivity index (χ4v) is 2.56. The summed E-state index contributed by atoms with van der Waals surface area (Å²) in [6.07, 6.45) is 5.11. The molecule has 1 fully saturated rings. The van der Waals surface area contributed by atoms with Crippen LogP contribution in [0.25, 0.3) is 0 Å². The largest absolute Gasteiger partial charge is 0.333 e. The number of amides is 2. The Kier molecular flexibility index (Phi) is 5.69. The lowest BCUT2D eigenvalue weighted by molar-refractivity contribution is -0.135. The zero-order valence-electron chi connectivity index (χ0n) is 13.3. The zero-order valence-corrected chi connectivity index (χ0v) is 13.3. The van der Waals surface area contributed by atoms with Crippen LogP contribution in [0.3, 0.4) is 0 Å². The summed E-state index contributed by atoms with van der Waals surface area (Å²) >= 11 is 0. The van der Waals surface area contributed by atoms with E-state index in [9.17, 15) is 9.59 Å². The summed E-state index contributed by atoms with van der Waals surface area (Å²) in [6.45, 7) is 4.79. The SMILES string of the molecule is Cc1ccc(/C=N\NC(=O)CN2CCCCCC2=O)c(C)c1. The molecule has 0 unspecified atom stereocenters. The van der Waals surface area contributed by atoms with Gasteiger partial charge in [0.05, 0.1) is 6.21 Å². The van der Waals surface area contributed by atoms with Crippen molar-refractivity contribution in [2.75, 3.05) is 13.1 Å². The van der Waals surface area contributed by atoms with E-state index in [1.165, 1.54) is 5.56 Å². The van der Waals surface area contributed by atoms with Crippen LogP contribution in [0, 0.1) is 13.8 Å². The molecule has 0 saturated carbocycles. The van der Waals surface area contributed by atoms with Crippen LogP contribution in [0.1, 0.15) is 42.4 Å². The topological polar surface area (TPSA) is 61.8 Å². The van der Waals surface area contributed by atoms with Crippen LogP contribution in [0.2, 0.25) is 0 Å². The van der Waals surface area contributed by atoms with Crippen molar-refractivity contribution < 1.29 is 9.59 Å². The molecule has 0 radical (unpaired) electrons. The molecular weight excluding hydrogens is 278 g/mol. The van der Waals surface area contributed by atoms with Gasteiger partial charge in [-0.3, -0.25) is 9.59 Å². The minimum Gasteiger partial charge on any atom is -0.333 e. The van der Waals surface area contributed by atoms with Crippen LogP contribution >= 0.6 is 0 Å². The number of hydrazone groups is 1. The van der Waals surface area contributed by atoms with Gasteiger partial charge in [-0.15, -0.1) is 0 Å². The van der Waals surface area contributed by atoms with Crippen molar-refractivity contribution in [2.24, 2.45) is 5.10 Å². The van der Waals surface area contributed by atoms with Crippen LogP contribution < -0.4 is 5.43 Å². The fourth-order valence-electron chi connectivity index (χ4n) is 2.56. The van der Waals surface area contributed by atoms with Crippen molar-refractivity contribution in [2.45, 2.75) is 39.5 Å². The summed E-state index contributed by atoms with van der Waals surface area (Å²) in [7, 11) is 0. The molecule has 1 aromatic carbocycles. The number of nitrogens with zero attached hydrogens (tertiary/aromatic N) is 2. The second kappa shape index (κ2) is 7.73. The van der Waals surface area contributed by atoms with Gasteiger partial charge in [0.25, 0.3) is 5.91 Å². The maximum atomic E-state index is 11.9. The third kappa shape index (κ3) is 4.69. The Hall–Kier alpha value is -2.17. The van der Waals surface area contributed by atoms with Gasteiger partial charge in [-0.05, 0) is 37.8 Å². The molecule has 5 heteroatoms. The molecule has 1 heterocycles.